The third-order valence-corrected chi connectivity index (χ3v) is 4.39. The van der Waals surface area contributed by atoms with E-state index in [1.165, 1.54) is 6.08 Å². The van der Waals surface area contributed by atoms with Crippen LogP contribution in [0.2, 0.25) is 0 Å². The highest BCUT2D eigenvalue weighted by Gasteiger charge is 2.37. The summed E-state index contributed by atoms with van der Waals surface area (Å²) in [5, 5.41) is -0.503. The summed E-state index contributed by atoms with van der Waals surface area (Å²) < 4.78 is 10.7. The third-order valence-electron chi connectivity index (χ3n) is 3.49. The van der Waals surface area contributed by atoms with Crippen LogP contribution in [0.4, 0.5) is 4.79 Å². The molecule has 2 aromatic rings. The monoisotopic (exact) mass is 371 g/mol. The number of esters is 1. The minimum atomic E-state index is -0.618. The Morgan fingerprint density at radius 1 is 1.19 bits per heavy atom. The first-order valence-electron chi connectivity index (χ1n) is 8.04. The number of imide groups is 1. The molecule has 6 nitrogen and oxygen atoms in total. The van der Waals surface area contributed by atoms with E-state index in [1.54, 1.807) is 26.0 Å². The summed E-state index contributed by atoms with van der Waals surface area (Å²) in [5.41, 5.74) is 0.914. The number of benzene rings is 1. The zero-order valence-corrected chi connectivity index (χ0v) is 15.1. The third kappa shape index (κ3) is 4.05. The van der Waals surface area contributed by atoms with Crippen LogP contribution in [0.25, 0.3) is 17.4 Å². The van der Waals surface area contributed by atoms with Crippen LogP contribution in [0.5, 0.6) is 0 Å². The topological polar surface area (TPSA) is 76.8 Å². The molecule has 1 fully saturated rings. The second-order valence-corrected chi connectivity index (χ2v) is 6.87. The molecule has 3 rings (SSSR count). The van der Waals surface area contributed by atoms with Gasteiger partial charge in [-0.25, -0.2) is 0 Å². The Kier molecular flexibility index (Phi) is 5.27. The van der Waals surface area contributed by atoms with E-state index in [4.69, 9.17) is 9.15 Å². The van der Waals surface area contributed by atoms with Gasteiger partial charge in [-0.15, -0.1) is 0 Å². The Morgan fingerprint density at radius 2 is 1.92 bits per heavy atom. The maximum Gasteiger partial charge on any atom is 0.326 e. The van der Waals surface area contributed by atoms with E-state index in [2.05, 4.69) is 0 Å². The van der Waals surface area contributed by atoms with E-state index in [1.807, 2.05) is 30.3 Å². The van der Waals surface area contributed by atoms with Gasteiger partial charge in [-0.2, -0.15) is 0 Å². The van der Waals surface area contributed by atoms with Crippen molar-refractivity contribution >= 4 is 35.0 Å². The first kappa shape index (κ1) is 18.0. The quantitative estimate of drug-likeness (QED) is 0.585. The van der Waals surface area contributed by atoms with E-state index in [0.717, 1.165) is 22.2 Å². The fraction of sp³-hybridized carbons (Fsp3) is 0.211. The van der Waals surface area contributed by atoms with Crippen molar-refractivity contribution in [2.75, 3.05) is 6.54 Å². The highest BCUT2D eigenvalue weighted by molar-refractivity contribution is 8.18. The zero-order valence-electron chi connectivity index (χ0n) is 14.3. The van der Waals surface area contributed by atoms with E-state index in [9.17, 15) is 14.4 Å². The Bertz CT molecular complexity index is 869. The number of carbonyl (C=O) groups excluding carboxylic acids is 3. The van der Waals surface area contributed by atoms with Crippen LogP contribution in [0.1, 0.15) is 19.6 Å². The largest absolute Gasteiger partial charge is 0.462 e. The summed E-state index contributed by atoms with van der Waals surface area (Å²) in [6, 6.07) is 13.1. The normalized spacial score (nSPS) is 16.0. The fourth-order valence-electron chi connectivity index (χ4n) is 2.38. The first-order valence-corrected chi connectivity index (χ1v) is 8.86. The molecule has 1 aliphatic rings. The van der Waals surface area contributed by atoms with E-state index < -0.39 is 23.7 Å². The van der Waals surface area contributed by atoms with Crippen molar-refractivity contribution in [3.63, 3.8) is 0 Å². The number of carbonyl (C=O) groups is 3. The van der Waals surface area contributed by atoms with Crippen molar-refractivity contribution in [2.24, 2.45) is 0 Å². The van der Waals surface area contributed by atoms with Gasteiger partial charge in [0.2, 0.25) is 0 Å². The van der Waals surface area contributed by atoms with Gasteiger partial charge in [0.1, 0.15) is 18.1 Å². The minimum absolute atomic E-state index is 0.210. The molecule has 0 spiro atoms. The lowest BCUT2D eigenvalue weighted by atomic mass is 10.2. The zero-order chi connectivity index (χ0) is 18.7. The van der Waals surface area contributed by atoms with Crippen LogP contribution in [0, 0.1) is 0 Å². The molecule has 0 aliphatic carbocycles. The molecule has 1 aromatic heterocycles. The summed E-state index contributed by atoms with van der Waals surface area (Å²) in [4.78, 5) is 37.2. The van der Waals surface area contributed by atoms with Crippen LogP contribution in [-0.2, 0) is 14.3 Å². The van der Waals surface area contributed by atoms with Gasteiger partial charge >= 0.3 is 5.97 Å². The van der Waals surface area contributed by atoms with Gasteiger partial charge in [-0.1, -0.05) is 30.3 Å². The van der Waals surface area contributed by atoms with Crippen LogP contribution in [-0.4, -0.2) is 34.7 Å². The van der Waals surface area contributed by atoms with Crippen molar-refractivity contribution < 1.29 is 23.5 Å². The SMILES string of the molecule is CC(C)OC(=O)CN1C(=O)S/C(=C\c2ccc(-c3ccccc3)o2)C1=O. The van der Waals surface area contributed by atoms with Crippen LogP contribution in [0.15, 0.2) is 51.8 Å². The predicted octanol–water partition coefficient (Wildman–Crippen LogP) is 3.93. The second kappa shape index (κ2) is 7.61. The molecule has 2 amide bonds. The number of rotatable bonds is 5. The lowest BCUT2D eigenvalue weighted by Gasteiger charge is -2.13. The lowest BCUT2D eigenvalue weighted by molar-refractivity contribution is -0.149. The standard InChI is InChI=1S/C19H17NO5S/c1-12(2)24-17(21)11-20-18(22)16(26-19(20)23)10-14-8-9-15(25-14)13-6-4-3-5-7-13/h3-10,12H,11H2,1-2H3/b16-10-. The minimum Gasteiger partial charge on any atom is -0.462 e. The molecule has 7 heteroatoms. The molecule has 1 aromatic carbocycles. The Morgan fingerprint density at radius 3 is 2.62 bits per heavy atom. The molecule has 1 saturated heterocycles. The van der Waals surface area contributed by atoms with Crippen molar-refractivity contribution in [2.45, 2.75) is 20.0 Å². The van der Waals surface area contributed by atoms with Gasteiger partial charge < -0.3 is 9.15 Å². The fourth-order valence-corrected chi connectivity index (χ4v) is 3.20. The lowest BCUT2D eigenvalue weighted by Crippen LogP contribution is -2.35. The van der Waals surface area contributed by atoms with Crippen molar-refractivity contribution in [3.05, 3.63) is 53.1 Å². The molecule has 0 unspecified atom stereocenters. The summed E-state index contributed by atoms with van der Waals surface area (Å²) in [5.74, 6) is -0.0259. The average molecular weight is 371 g/mol. The molecular weight excluding hydrogens is 354 g/mol. The predicted molar refractivity (Wildman–Crippen MR) is 98.0 cm³/mol. The summed E-state index contributed by atoms with van der Waals surface area (Å²) in [6.45, 7) is 3.01. The van der Waals surface area contributed by atoms with Gasteiger partial charge in [0.15, 0.2) is 0 Å². The summed E-state index contributed by atoms with van der Waals surface area (Å²) in [6.07, 6.45) is 1.20. The number of furan rings is 1. The van der Waals surface area contributed by atoms with E-state index in [0.29, 0.717) is 11.5 Å². The molecule has 1 aliphatic heterocycles. The number of ether oxygens (including phenoxy) is 1. The summed E-state index contributed by atoms with van der Waals surface area (Å²) in [7, 11) is 0. The maximum absolute atomic E-state index is 12.4. The molecule has 2 heterocycles. The van der Waals surface area contributed by atoms with E-state index >= 15 is 0 Å². The molecule has 26 heavy (non-hydrogen) atoms. The molecule has 0 atom stereocenters. The van der Waals surface area contributed by atoms with E-state index in [-0.39, 0.29) is 11.0 Å². The average Bonchev–Trinajstić information content (AvgIpc) is 3.16. The highest BCUT2D eigenvalue weighted by Crippen LogP contribution is 2.33. The van der Waals surface area contributed by atoms with Gasteiger partial charge in [0, 0.05) is 11.6 Å². The first-order chi connectivity index (χ1) is 12.4. The van der Waals surface area contributed by atoms with Crippen LogP contribution >= 0.6 is 11.8 Å². The number of amides is 2. The highest BCUT2D eigenvalue weighted by atomic mass is 32.2. The van der Waals surface area contributed by atoms with Crippen molar-refractivity contribution in [1.29, 1.82) is 0 Å². The molecule has 0 N–H and O–H groups in total. The Labute approximate surface area is 154 Å². The number of thioether (sulfide) groups is 1. The van der Waals surface area contributed by atoms with Gasteiger partial charge in [-0.3, -0.25) is 19.3 Å². The van der Waals surface area contributed by atoms with Gasteiger partial charge in [-0.05, 0) is 37.7 Å². The molecule has 0 saturated carbocycles. The number of nitrogens with zero attached hydrogens (tertiary/aromatic N) is 1. The van der Waals surface area contributed by atoms with Gasteiger partial charge in [0.25, 0.3) is 11.1 Å². The van der Waals surface area contributed by atoms with Crippen LogP contribution in [0.3, 0.4) is 0 Å². The number of hydrogen-bond acceptors (Lipinski definition) is 6. The Balaban J connectivity index is 1.74. The Hall–Kier alpha value is -2.80. The van der Waals surface area contributed by atoms with Crippen LogP contribution < -0.4 is 0 Å². The molecule has 0 bridgehead atoms. The van der Waals surface area contributed by atoms with Gasteiger partial charge in [0.05, 0.1) is 11.0 Å². The molecule has 0 radical (unpaired) electrons. The smallest absolute Gasteiger partial charge is 0.326 e. The second-order valence-electron chi connectivity index (χ2n) is 5.87. The maximum atomic E-state index is 12.4. The van der Waals surface area contributed by atoms with Crippen molar-refractivity contribution in [1.82, 2.24) is 4.90 Å². The molecular formula is C19H17NO5S. The van der Waals surface area contributed by atoms with Crippen molar-refractivity contribution in [3.8, 4) is 11.3 Å². The summed E-state index contributed by atoms with van der Waals surface area (Å²) >= 11 is 0.773. The molecule has 134 valence electrons. The number of hydrogen-bond donors (Lipinski definition) is 0.